The third-order valence-electron chi connectivity index (χ3n) is 3.87. The molecule has 2 atom stereocenters. The molecular formula is C15H22N2O2. The maximum atomic E-state index is 12.3. The first kappa shape index (κ1) is 14.0. The molecule has 4 nitrogen and oxygen atoms in total. The molecule has 1 aromatic carbocycles. The lowest BCUT2D eigenvalue weighted by molar-refractivity contribution is -0.133. The molecule has 1 aromatic rings. The molecule has 1 aliphatic rings. The van der Waals surface area contributed by atoms with Crippen LogP contribution in [-0.2, 0) is 16.0 Å². The first-order valence-electron chi connectivity index (χ1n) is 6.74. The number of hydrogen-bond donors (Lipinski definition) is 1. The first-order valence-corrected chi connectivity index (χ1v) is 6.74. The van der Waals surface area contributed by atoms with Crippen molar-refractivity contribution in [3.63, 3.8) is 0 Å². The Morgan fingerprint density at radius 3 is 3.00 bits per heavy atom. The predicted octanol–water partition coefficient (Wildman–Crippen LogP) is 1.50. The highest BCUT2D eigenvalue weighted by atomic mass is 16.5. The standard InChI is InChI=1S/C15H22N2O2/c1-17(15(18)13(16)9-10-19-2)14-8-7-11-5-3-4-6-12(11)14/h3-6,13-14H,7-10,16H2,1-2H3. The van der Waals surface area contributed by atoms with Crippen LogP contribution in [0.15, 0.2) is 24.3 Å². The molecule has 0 bridgehead atoms. The third kappa shape index (κ3) is 2.96. The van der Waals surface area contributed by atoms with Crippen LogP contribution in [0, 0.1) is 0 Å². The number of methoxy groups -OCH3 is 1. The maximum Gasteiger partial charge on any atom is 0.239 e. The molecule has 104 valence electrons. The minimum absolute atomic E-state index is 0.00115. The average Bonchev–Trinajstić information content (AvgIpc) is 2.87. The molecule has 0 radical (unpaired) electrons. The van der Waals surface area contributed by atoms with E-state index in [1.807, 2.05) is 19.2 Å². The average molecular weight is 262 g/mol. The van der Waals surface area contributed by atoms with E-state index < -0.39 is 6.04 Å². The van der Waals surface area contributed by atoms with Crippen LogP contribution in [0.1, 0.15) is 30.0 Å². The molecule has 0 spiro atoms. The number of hydrogen-bond acceptors (Lipinski definition) is 3. The molecule has 2 unspecified atom stereocenters. The second-order valence-corrected chi connectivity index (χ2v) is 5.09. The van der Waals surface area contributed by atoms with Gasteiger partial charge in [-0.15, -0.1) is 0 Å². The second-order valence-electron chi connectivity index (χ2n) is 5.09. The Balaban J connectivity index is 2.05. The number of nitrogens with zero attached hydrogens (tertiary/aromatic N) is 1. The van der Waals surface area contributed by atoms with Crippen LogP contribution in [0.2, 0.25) is 0 Å². The summed E-state index contributed by atoms with van der Waals surface area (Å²) in [4.78, 5) is 14.1. The lowest BCUT2D eigenvalue weighted by atomic mass is 10.1. The zero-order chi connectivity index (χ0) is 13.8. The highest BCUT2D eigenvalue weighted by Gasteiger charge is 2.30. The Labute approximate surface area is 114 Å². The van der Waals surface area contributed by atoms with E-state index in [4.69, 9.17) is 10.5 Å². The summed E-state index contributed by atoms with van der Waals surface area (Å²) in [5.74, 6) is -0.00115. The van der Waals surface area contributed by atoms with E-state index in [1.165, 1.54) is 11.1 Å². The quantitative estimate of drug-likeness (QED) is 0.875. The monoisotopic (exact) mass is 262 g/mol. The number of carbonyl (C=O) groups excluding carboxylic acids is 1. The van der Waals surface area contributed by atoms with Crippen molar-refractivity contribution in [3.05, 3.63) is 35.4 Å². The third-order valence-corrected chi connectivity index (χ3v) is 3.87. The highest BCUT2D eigenvalue weighted by molar-refractivity contribution is 5.82. The van der Waals surface area contributed by atoms with Gasteiger partial charge in [0.25, 0.3) is 0 Å². The molecular weight excluding hydrogens is 240 g/mol. The Kier molecular flexibility index (Phi) is 4.56. The van der Waals surface area contributed by atoms with Gasteiger partial charge < -0.3 is 15.4 Å². The zero-order valence-corrected chi connectivity index (χ0v) is 11.6. The number of amides is 1. The molecule has 19 heavy (non-hydrogen) atoms. The van der Waals surface area contributed by atoms with Crippen molar-refractivity contribution in [3.8, 4) is 0 Å². The Morgan fingerprint density at radius 2 is 2.26 bits per heavy atom. The zero-order valence-electron chi connectivity index (χ0n) is 11.6. The number of aryl methyl sites for hydroxylation is 1. The van der Waals surface area contributed by atoms with Gasteiger partial charge in [-0.05, 0) is 30.4 Å². The van der Waals surface area contributed by atoms with Gasteiger partial charge in [0.1, 0.15) is 0 Å². The summed E-state index contributed by atoms with van der Waals surface area (Å²) in [6.07, 6.45) is 2.58. The molecule has 0 saturated carbocycles. The van der Waals surface area contributed by atoms with E-state index >= 15 is 0 Å². The number of fused-ring (bicyclic) bond motifs is 1. The molecule has 2 rings (SSSR count). The molecule has 0 saturated heterocycles. The van der Waals surface area contributed by atoms with Crippen molar-refractivity contribution in [2.24, 2.45) is 5.73 Å². The maximum absolute atomic E-state index is 12.3. The molecule has 1 aliphatic carbocycles. The van der Waals surface area contributed by atoms with Crippen LogP contribution in [0.4, 0.5) is 0 Å². The largest absolute Gasteiger partial charge is 0.385 e. The lowest BCUT2D eigenvalue weighted by Gasteiger charge is -2.28. The van der Waals surface area contributed by atoms with Crippen LogP contribution < -0.4 is 5.73 Å². The molecule has 1 amide bonds. The minimum atomic E-state index is -0.474. The summed E-state index contributed by atoms with van der Waals surface area (Å²) < 4.78 is 4.97. The summed E-state index contributed by atoms with van der Waals surface area (Å²) in [5, 5.41) is 0. The van der Waals surface area contributed by atoms with Crippen molar-refractivity contribution >= 4 is 5.91 Å². The molecule has 2 N–H and O–H groups in total. The summed E-state index contributed by atoms with van der Waals surface area (Å²) in [7, 11) is 3.47. The SMILES string of the molecule is COCCC(N)C(=O)N(C)C1CCc2ccccc21. The van der Waals surface area contributed by atoms with Crippen molar-refractivity contribution in [1.29, 1.82) is 0 Å². The van der Waals surface area contributed by atoms with Gasteiger partial charge >= 0.3 is 0 Å². The highest BCUT2D eigenvalue weighted by Crippen LogP contribution is 2.34. The lowest BCUT2D eigenvalue weighted by Crippen LogP contribution is -2.43. The van der Waals surface area contributed by atoms with Crippen molar-refractivity contribution in [2.75, 3.05) is 20.8 Å². The van der Waals surface area contributed by atoms with Crippen molar-refractivity contribution in [2.45, 2.75) is 31.3 Å². The van der Waals surface area contributed by atoms with Crippen LogP contribution in [0.25, 0.3) is 0 Å². The van der Waals surface area contributed by atoms with E-state index in [-0.39, 0.29) is 11.9 Å². The van der Waals surface area contributed by atoms with Gasteiger partial charge in [0, 0.05) is 20.8 Å². The van der Waals surface area contributed by atoms with Gasteiger partial charge in [0.2, 0.25) is 5.91 Å². The number of likely N-dealkylation sites (N-methyl/N-ethyl adjacent to an activating group) is 1. The number of nitrogens with two attached hydrogens (primary N) is 1. The van der Waals surface area contributed by atoms with Gasteiger partial charge in [-0.1, -0.05) is 24.3 Å². The molecule has 0 aliphatic heterocycles. The van der Waals surface area contributed by atoms with E-state index in [9.17, 15) is 4.79 Å². The Bertz CT molecular complexity index is 448. The van der Waals surface area contributed by atoms with E-state index in [2.05, 4.69) is 12.1 Å². The van der Waals surface area contributed by atoms with E-state index in [1.54, 1.807) is 12.0 Å². The van der Waals surface area contributed by atoms with Crippen LogP contribution in [-0.4, -0.2) is 37.6 Å². The van der Waals surface area contributed by atoms with Crippen LogP contribution in [0.3, 0.4) is 0 Å². The van der Waals surface area contributed by atoms with Gasteiger partial charge in [-0.2, -0.15) is 0 Å². The van der Waals surface area contributed by atoms with Crippen molar-refractivity contribution < 1.29 is 9.53 Å². The Morgan fingerprint density at radius 1 is 1.53 bits per heavy atom. The van der Waals surface area contributed by atoms with E-state index in [0.29, 0.717) is 13.0 Å². The summed E-state index contributed by atoms with van der Waals surface area (Å²) in [6.45, 7) is 0.516. The molecule has 0 heterocycles. The van der Waals surface area contributed by atoms with Crippen LogP contribution >= 0.6 is 0 Å². The molecule has 0 aromatic heterocycles. The number of carbonyl (C=O) groups is 1. The fourth-order valence-corrected chi connectivity index (χ4v) is 2.72. The summed E-state index contributed by atoms with van der Waals surface area (Å²) in [6, 6.07) is 8.01. The van der Waals surface area contributed by atoms with E-state index in [0.717, 1.165) is 12.8 Å². The fourth-order valence-electron chi connectivity index (χ4n) is 2.72. The topological polar surface area (TPSA) is 55.6 Å². The molecule has 4 heteroatoms. The fraction of sp³-hybridized carbons (Fsp3) is 0.533. The second kappa shape index (κ2) is 6.17. The minimum Gasteiger partial charge on any atom is -0.385 e. The first-order chi connectivity index (χ1) is 9.15. The van der Waals surface area contributed by atoms with Gasteiger partial charge in [0.05, 0.1) is 12.1 Å². The number of rotatable bonds is 5. The normalized spacial score (nSPS) is 19.0. The van der Waals surface area contributed by atoms with Crippen LogP contribution in [0.5, 0.6) is 0 Å². The van der Waals surface area contributed by atoms with Crippen molar-refractivity contribution in [1.82, 2.24) is 4.90 Å². The molecule has 0 fully saturated rings. The van der Waals surface area contributed by atoms with Gasteiger partial charge in [0.15, 0.2) is 0 Å². The summed E-state index contributed by atoms with van der Waals surface area (Å²) in [5.41, 5.74) is 8.53. The number of benzene rings is 1. The summed E-state index contributed by atoms with van der Waals surface area (Å²) >= 11 is 0. The Hall–Kier alpha value is -1.39. The van der Waals surface area contributed by atoms with Gasteiger partial charge in [-0.25, -0.2) is 0 Å². The smallest absolute Gasteiger partial charge is 0.239 e. The number of ether oxygens (including phenoxy) is 1. The van der Waals surface area contributed by atoms with Gasteiger partial charge in [-0.3, -0.25) is 4.79 Å². The predicted molar refractivity (Wildman–Crippen MR) is 74.7 cm³/mol.